The van der Waals surface area contributed by atoms with E-state index in [9.17, 15) is 4.79 Å². The molecule has 2 rings (SSSR count). The van der Waals surface area contributed by atoms with Crippen molar-refractivity contribution in [3.63, 3.8) is 0 Å². The molecule has 1 aromatic rings. The average Bonchev–Trinajstić information content (AvgIpc) is 2.44. The molecule has 1 N–H and O–H groups in total. The van der Waals surface area contributed by atoms with Crippen molar-refractivity contribution in [2.75, 3.05) is 26.9 Å². The normalized spacial score (nSPS) is 17.4. The third-order valence-electron chi connectivity index (χ3n) is 3.36. The van der Waals surface area contributed by atoms with Crippen LogP contribution < -0.4 is 10.1 Å². The molecule has 104 valence electrons. The van der Waals surface area contributed by atoms with Crippen molar-refractivity contribution >= 4 is 5.91 Å². The van der Waals surface area contributed by atoms with Crippen LogP contribution >= 0.6 is 0 Å². The van der Waals surface area contributed by atoms with Gasteiger partial charge in [-0.3, -0.25) is 4.79 Å². The van der Waals surface area contributed by atoms with Crippen LogP contribution in [0.25, 0.3) is 0 Å². The zero-order chi connectivity index (χ0) is 13.5. The number of amides is 1. The average molecular weight is 263 g/mol. The number of carbonyl (C=O) groups excluding carboxylic acids is 1. The molecule has 0 fully saturated rings. The van der Waals surface area contributed by atoms with Crippen molar-refractivity contribution < 1.29 is 14.3 Å². The highest BCUT2D eigenvalue weighted by atomic mass is 16.5. The molecule has 0 aromatic heterocycles. The van der Waals surface area contributed by atoms with E-state index in [2.05, 4.69) is 11.4 Å². The lowest BCUT2D eigenvalue weighted by Crippen LogP contribution is -2.28. The van der Waals surface area contributed by atoms with Crippen LogP contribution in [0.3, 0.4) is 0 Å². The topological polar surface area (TPSA) is 47.6 Å². The van der Waals surface area contributed by atoms with Crippen LogP contribution in [0.5, 0.6) is 5.75 Å². The van der Waals surface area contributed by atoms with E-state index in [0.29, 0.717) is 26.2 Å². The highest BCUT2D eigenvalue weighted by Crippen LogP contribution is 2.35. The minimum atomic E-state index is 0.109. The van der Waals surface area contributed by atoms with Gasteiger partial charge in [-0.1, -0.05) is 18.2 Å². The largest absolute Gasteiger partial charge is 0.493 e. The van der Waals surface area contributed by atoms with Crippen LogP contribution in [0.2, 0.25) is 0 Å². The summed E-state index contributed by atoms with van der Waals surface area (Å²) in [5.41, 5.74) is 1.15. The van der Waals surface area contributed by atoms with E-state index < -0.39 is 0 Å². The third-order valence-corrected chi connectivity index (χ3v) is 3.36. The SMILES string of the molecule is COCCCNC(=O)CC1CCOc2ccccc21. The lowest BCUT2D eigenvalue weighted by Gasteiger charge is -2.25. The Balaban J connectivity index is 1.85. The summed E-state index contributed by atoms with van der Waals surface area (Å²) in [5.74, 6) is 1.30. The van der Waals surface area contributed by atoms with Crippen molar-refractivity contribution in [1.29, 1.82) is 0 Å². The molecule has 1 aliphatic rings. The van der Waals surface area contributed by atoms with Crippen molar-refractivity contribution in [3.05, 3.63) is 29.8 Å². The van der Waals surface area contributed by atoms with Gasteiger partial charge in [0.1, 0.15) is 5.75 Å². The van der Waals surface area contributed by atoms with Gasteiger partial charge in [0.25, 0.3) is 0 Å². The van der Waals surface area contributed by atoms with Crippen molar-refractivity contribution in [1.82, 2.24) is 5.32 Å². The lowest BCUT2D eigenvalue weighted by molar-refractivity contribution is -0.121. The maximum Gasteiger partial charge on any atom is 0.220 e. The first-order valence-corrected chi connectivity index (χ1v) is 6.78. The number of nitrogens with one attached hydrogen (secondary N) is 1. The molecule has 0 bridgehead atoms. The second kappa shape index (κ2) is 7.14. The molecule has 1 amide bonds. The number of hydrogen-bond acceptors (Lipinski definition) is 3. The molecular weight excluding hydrogens is 242 g/mol. The van der Waals surface area contributed by atoms with E-state index in [1.807, 2.05) is 18.2 Å². The first-order chi connectivity index (χ1) is 9.31. The zero-order valence-corrected chi connectivity index (χ0v) is 11.4. The molecule has 0 saturated carbocycles. The number of carbonyl (C=O) groups is 1. The molecule has 0 aliphatic carbocycles. The van der Waals surface area contributed by atoms with Gasteiger partial charge in [0, 0.05) is 26.7 Å². The molecule has 0 radical (unpaired) electrons. The summed E-state index contributed by atoms with van der Waals surface area (Å²) in [4.78, 5) is 11.9. The molecular formula is C15H21NO3. The standard InChI is InChI=1S/C15H21NO3/c1-18-9-4-8-16-15(17)11-12-7-10-19-14-6-3-2-5-13(12)14/h2-3,5-6,12H,4,7-11H2,1H3,(H,16,17). The van der Waals surface area contributed by atoms with E-state index in [1.165, 1.54) is 0 Å². The van der Waals surface area contributed by atoms with Gasteiger partial charge >= 0.3 is 0 Å². The summed E-state index contributed by atoms with van der Waals surface area (Å²) in [6, 6.07) is 7.98. The molecule has 1 aromatic carbocycles. The van der Waals surface area contributed by atoms with Crippen molar-refractivity contribution in [2.24, 2.45) is 0 Å². The summed E-state index contributed by atoms with van der Waals surface area (Å²) in [7, 11) is 1.67. The van der Waals surface area contributed by atoms with E-state index >= 15 is 0 Å². The Kier molecular flexibility index (Phi) is 5.21. The van der Waals surface area contributed by atoms with E-state index in [-0.39, 0.29) is 11.8 Å². The molecule has 4 heteroatoms. The molecule has 0 saturated heterocycles. The fourth-order valence-corrected chi connectivity index (χ4v) is 2.37. The van der Waals surface area contributed by atoms with Gasteiger partial charge in [-0.25, -0.2) is 0 Å². The van der Waals surface area contributed by atoms with Crippen LogP contribution in [0.1, 0.15) is 30.7 Å². The van der Waals surface area contributed by atoms with E-state index in [0.717, 1.165) is 24.2 Å². The van der Waals surface area contributed by atoms with Crippen LogP contribution in [0, 0.1) is 0 Å². The lowest BCUT2D eigenvalue weighted by atomic mass is 9.90. The Bertz CT molecular complexity index is 420. The highest BCUT2D eigenvalue weighted by Gasteiger charge is 2.23. The van der Waals surface area contributed by atoms with Gasteiger partial charge < -0.3 is 14.8 Å². The van der Waals surface area contributed by atoms with Crippen molar-refractivity contribution in [2.45, 2.75) is 25.2 Å². The Morgan fingerprint density at radius 1 is 1.47 bits per heavy atom. The smallest absolute Gasteiger partial charge is 0.220 e. The van der Waals surface area contributed by atoms with Gasteiger partial charge in [0.15, 0.2) is 0 Å². The number of ether oxygens (including phenoxy) is 2. The van der Waals surface area contributed by atoms with Crippen LogP contribution in [0.4, 0.5) is 0 Å². The minimum absolute atomic E-state index is 0.109. The third kappa shape index (κ3) is 3.96. The van der Waals surface area contributed by atoms with Crippen LogP contribution in [0.15, 0.2) is 24.3 Å². The predicted molar refractivity (Wildman–Crippen MR) is 73.4 cm³/mol. The highest BCUT2D eigenvalue weighted by molar-refractivity contribution is 5.77. The van der Waals surface area contributed by atoms with Gasteiger partial charge in [-0.05, 0) is 30.4 Å². The fourth-order valence-electron chi connectivity index (χ4n) is 2.37. The number of methoxy groups -OCH3 is 1. The first kappa shape index (κ1) is 13.9. The Labute approximate surface area is 114 Å². The summed E-state index contributed by atoms with van der Waals surface area (Å²) >= 11 is 0. The predicted octanol–water partition coefficient (Wildman–Crippen LogP) is 2.10. The second-order valence-electron chi connectivity index (χ2n) is 4.77. The number of para-hydroxylation sites is 1. The van der Waals surface area contributed by atoms with E-state index in [4.69, 9.17) is 9.47 Å². The Hall–Kier alpha value is -1.55. The molecule has 0 spiro atoms. The first-order valence-electron chi connectivity index (χ1n) is 6.78. The molecule has 19 heavy (non-hydrogen) atoms. The maximum atomic E-state index is 11.9. The second-order valence-corrected chi connectivity index (χ2v) is 4.77. The molecule has 1 atom stereocenters. The van der Waals surface area contributed by atoms with Crippen molar-refractivity contribution in [3.8, 4) is 5.75 Å². The number of benzene rings is 1. The molecule has 1 heterocycles. The monoisotopic (exact) mass is 263 g/mol. The van der Waals surface area contributed by atoms with Gasteiger partial charge in [-0.2, -0.15) is 0 Å². The zero-order valence-electron chi connectivity index (χ0n) is 11.4. The number of rotatable bonds is 6. The number of hydrogen-bond donors (Lipinski definition) is 1. The molecule has 4 nitrogen and oxygen atoms in total. The van der Waals surface area contributed by atoms with Gasteiger partial charge in [0.2, 0.25) is 5.91 Å². The maximum absolute atomic E-state index is 11.9. The van der Waals surface area contributed by atoms with Gasteiger partial charge in [-0.15, -0.1) is 0 Å². The van der Waals surface area contributed by atoms with Crippen LogP contribution in [-0.2, 0) is 9.53 Å². The molecule has 1 aliphatic heterocycles. The van der Waals surface area contributed by atoms with Gasteiger partial charge in [0.05, 0.1) is 6.61 Å². The quantitative estimate of drug-likeness (QED) is 0.799. The Morgan fingerprint density at radius 2 is 2.32 bits per heavy atom. The summed E-state index contributed by atoms with van der Waals surface area (Å²) in [6.07, 6.45) is 2.29. The molecule has 1 unspecified atom stereocenters. The summed E-state index contributed by atoms with van der Waals surface area (Å²) in [5, 5.41) is 2.94. The van der Waals surface area contributed by atoms with Crippen LogP contribution in [-0.4, -0.2) is 32.8 Å². The summed E-state index contributed by atoms with van der Waals surface area (Å²) in [6.45, 7) is 2.05. The fraction of sp³-hybridized carbons (Fsp3) is 0.533. The summed E-state index contributed by atoms with van der Waals surface area (Å²) < 4.78 is 10.6. The minimum Gasteiger partial charge on any atom is -0.493 e. The Morgan fingerprint density at radius 3 is 3.16 bits per heavy atom. The van der Waals surface area contributed by atoms with E-state index in [1.54, 1.807) is 7.11 Å². The number of fused-ring (bicyclic) bond motifs is 1.